The lowest BCUT2D eigenvalue weighted by atomic mass is 10.2. The fraction of sp³-hybridized carbons (Fsp3) is 0.200. The van der Waals surface area contributed by atoms with Gasteiger partial charge in [0.1, 0.15) is 0 Å². The molecule has 0 aliphatic rings. The van der Waals surface area contributed by atoms with E-state index in [2.05, 4.69) is 4.98 Å². The van der Waals surface area contributed by atoms with E-state index in [0.717, 1.165) is 5.56 Å². The van der Waals surface area contributed by atoms with Crippen LogP contribution in [-0.2, 0) is 6.54 Å². The Morgan fingerprint density at radius 3 is 1.73 bits per heavy atom. The van der Waals surface area contributed by atoms with Crippen LogP contribution in [0, 0.1) is 29.1 Å². The third-order valence-electron chi connectivity index (χ3n) is 3.41. The van der Waals surface area contributed by atoms with E-state index in [9.17, 15) is 22.0 Å². The number of hydrogen-bond acceptors (Lipinski definition) is 1. The molecule has 0 spiro atoms. The normalized spacial score (nSPS) is 11.8. The molecule has 0 saturated carbocycles. The van der Waals surface area contributed by atoms with Crippen LogP contribution in [0.1, 0.15) is 5.56 Å². The maximum Gasteiger partial charge on any atom is 0.200 e. The second-order valence-corrected chi connectivity index (χ2v) is 9.51. The minimum absolute atomic E-state index is 0.277. The van der Waals surface area contributed by atoms with E-state index < -0.39 is 42.5 Å². The third-order valence-corrected chi connectivity index (χ3v) is 6.16. The van der Waals surface area contributed by atoms with Gasteiger partial charge in [0.15, 0.2) is 31.5 Å². The molecule has 1 nitrogen and oxygen atoms in total. The van der Waals surface area contributed by atoms with Crippen molar-refractivity contribution in [3.05, 3.63) is 65.0 Å². The highest BCUT2D eigenvalue weighted by Gasteiger charge is 2.36. The number of halogens is 5. The summed E-state index contributed by atoms with van der Waals surface area (Å²) < 4.78 is 67.6. The lowest BCUT2D eigenvalue weighted by Crippen LogP contribution is -2.58. The zero-order chi connectivity index (χ0) is 16.5. The van der Waals surface area contributed by atoms with Crippen molar-refractivity contribution in [1.29, 1.82) is 0 Å². The molecule has 7 heteroatoms. The minimum atomic E-state index is -3.08. The molecule has 0 unspecified atom stereocenters. The van der Waals surface area contributed by atoms with Crippen molar-refractivity contribution in [3.63, 3.8) is 0 Å². The highest BCUT2D eigenvalue weighted by Crippen LogP contribution is 2.19. The Morgan fingerprint density at radius 1 is 0.773 bits per heavy atom. The first-order valence-electron chi connectivity index (χ1n) is 6.56. The summed E-state index contributed by atoms with van der Waals surface area (Å²) in [6, 6.07) is 9.01. The molecule has 118 valence electrons. The van der Waals surface area contributed by atoms with E-state index in [1.807, 2.05) is 6.07 Å². The van der Waals surface area contributed by atoms with Crippen molar-refractivity contribution in [2.24, 2.45) is 0 Å². The minimum Gasteiger partial charge on any atom is -0.330 e. The number of hydrogen-bond donors (Lipinski definition) is 1. The van der Waals surface area contributed by atoms with E-state index in [4.69, 9.17) is 0 Å². The molecule has 0 aliphatic heterocycles. The van der Waals surface area contributed by atoms with Gasteiger partial charge in [-0.1, -0.05) is 43.4 Å². The monoisotopic (exact) mass is 331 g/mol. The quantitative estimate of drug-likeness (QED) is 0.391. The molecule has 2 aromatic carbocycles. The van der Waals surface area contributed by atoms with Gasteiger partial charge < -0.3 is 4.98 Å². The molecule has 0 radical (unpaired) electrons. The lowest BCUT2D eigenvalue weighted by Gasteiger charge is -2.26. The number of benzene rings is 2. The Balaban J connectivity index is 2.37. The Kier molecular flexibility index (Phi) is 4.67. The second-order valence-electron chi connectivity index (χ2n) is 5.41. The molecule has 1 N–H and O–H groups in total. The van der Waals surface area contributed by atoms with Crippen LogP contribution in [0.3, 0.4) is 0 Å². The SMILES string of the molecule is C[Si](C)(NCc1ccccc1)c1c(F)c(F)c(F)c(F)c1F. The van der Waals surface area contributed by atoms with Crippen LogP contribution in [-0.4, -0.2) is 8.24 Å². The molecule has 0 amide bonds. The summed E-state index contributed by atoms with van der Waals surface area (Å²) in [5, 5.41) is -0.736. The van der Waals surface area contributed by atoms with Crippen LogP contribution >= 0.6 is 0 Å². The van der Waals surface area contributed by atoms with E-state index in [1.165, 1.54) is 13.1 Å². The molecule has 0 fully saturated rings. The summed E-state index contributed by atoms with van der Waals surface area (Å²) in [6.45, 7) is 3.27. The van der Waals surface area contributed by atoms with E-state index in [1.54, 1.807) is 24.3 Å². The third kappa shape index (κ3) is 3.05. The fourth-order valence-corrected chi connectivity index (χ4v) is 4.30. The van der Waals surface area contributed by atoms with Crippen LogP contribution in [0.15, 0.2) is 30.3 Å². The average molecular weight is 331 g/mol. The van der Waals surface area contributed by atoms with E-state index in [0.29, 0.717) is 0 Å². The maximum atomic E-state index is 13.9. The molecule has 2 aromatic rings. The van der Waals surface area contributed by atoms with Gasteiger partial charge in [0, 0.05) is 11.7 Å². The summed E-state index contributed by atoms with van der Waals surface area (Å²) in [5.41, 5.74) is 0.854. The van der Waals surface area contributed by atoms with Crippen LogP contribution in [0.25, 0.3) is 0 Å². The van der Waals surface area contributed by atoms with Gasteiger partial charge in [-0.05, 0) is 5.56 Å². The van der Waals surface area contributed by atoms with Gasteiger partial charge in [0.25, 0.3) is 0 Å². The van der Waals surface area contributed by atoms with Crippen molar-refractivity contribution in [2.45, 2.75) is 19.6 Å². The number of rotatable bonds is 4. The van der Waals surface area contributed by atoms with Crippen LogP contribution in [0.4, 0.5) is 22.0 Å². The smallest absolute Gasteiger partial charge is 0.200 e. The standard InChI is InChI=1S/C15H14F5NSi/c1-22(2,21-8-9-6-4-3-5-7-9)15-13(19)11(17)10(16)12(18)14(15)20/h3-7,21H,8H2,1-2H3. The Labute approximate surface area is 125 Å². The Morgan fingerprint density at radius 2 is 1.23 bits per heavy atom. The molecule has 0 heterocycles. The molecular weight excluding hydrogens is 317 g/mol. The second kappa shape index (κ2) is 6.17. The van der Waals surface area contributed by atoms with Gasteiger partial charge >= 0.3 is 0 Å². The summed E-state index contributed by atoms with van der Waals surface area (Å²) in [6.07, 6.45) is 0. The van der Waals surface area contributed by atoms with Gasteiger partial charge in [-0.15, -0.1) is 0 Å². The fourth-order valence-electron chi connectivity index (χ4n) is 2.16. The molecule has 2 rings (SSSR count). The predicted octanol–water partition coefficient (Wildman–Crippen LogP) is 3.58. The lowest BCUT2D eigenvalue weighted by molar-refractivity contribution is 0.383. The first kappa shape index (κ1) is 16.6. The van der Waals surface area contributed by atoms with Gasteiger partial charge in [-0.2, -0.15) is 0 Å². The average Bonchev–Trinajstić information content (AvgIpc) is 2.50. The molecule has 0 atom stereocenters. The van der Waals surface area contributed by atoms with Crippen molar-refractivity contribution >= 4 is 13.4 Å². The van der Waals surface area contributed by atoms with Crippen molar-refractivity contribution in [3.8, 4) is 0 Å². The van der Waals surface area contributed by atoms with E-state index >= 15 is 0 Å². The zero-order valence-electron chi connectivity index (χ0n) is 12.0. The summed E-state index contributed by atoms with van der Waals surface area (Å²) in [7, 11) is -3.08. The maximum absolute atomic E-state index is 13.9. The Hall–Kier alpha value is -1.73. The molecular formula is C15H14F5NSi. The van der Waals surface area contributed by atoms with Gasteiger partial charge in [-0.25, -0.2) is 22.0 Å². The summed E-state index contributed by atoms with van der Waals surface area (Å²) in [5.74, 6) is -9.46. The van der Waals surface area contributed by atoms with Crippen LogP contribution < -0.4 is 10.2 Å². The van der Waals surface area contributed by atoms with Crippen LogP contribution in [0.5, 0.6) is 0 Å². The van der Waals surface area contributed by atoms with Crippen molar-refractivity contribution < 1.29 is 22.0 Å². The molecule has 0 aromatic heterocycles. The molecule has 0 bridgehead atoms. The first-order chi connectivity index (χ1) is 10.3. The highest BCUT2D eigenvalue weighted by molar-refractivity contribution is 6.87. The molecule has 22 heavy (non-hydrogen) atoms. The number of nitrogens with one attached hydrogen (secondary N) is 1. The van der Waals surface area contributed by atoms with Gasteiger partial charge in [0.2, 0.25) is 5.82 Å². The topological polar surface area (TPSA) is 12.0 Å². The molecule has 0 aliphatic carbocycles. The highest BCUT2D eigenvalue weighted by atomic mass is 28.3. The van der Waals surface area contributed by atoms with Gasteiger partial charge in [-0.3, -0.25) is 0 Å². The largest absolute Gasteiger partial charge is 0.330 e. The predicted molar refractivity (Wildman–Crippen MR) is 76.6 cm³/mol. The van der Waals surface area contributed by atoms with E-state index in [-0.39, 0.29) is 6.54 Å². The summed E-state index contributed by atoms with van der Waals surface area (Å²) in [4.78, 5) is 2.95. The Bertz CT molecular complexity index is 659. The molecule has 0 saturated heterocycles. The van der Waals surface area contributed by atoms with Crippen LogP contribution in [0.2, 0.25) is 13.1 Å². The van der Waals surface area contributed by atoms with Crippen molar-refractivity contribution in [1.82, 2.24) is 4.98 Å². The summed E-state index contributed by atoms with van der Waals surface area (Å²) >= 11 is 0. The zero-order valence-corrected chi connectivity index (χ0v) is 13.0. The van der Waals surface area contributed by atoms with Crippen molar-refractivity contribution in [2.75, 3.05) is 0 Å². The first-order valence-corrected chi connectivity index (χ1v) is 9.56. The van der Waals surface area contributed by atoms with Gasteiger partial charge in [0.05, 0.1) is 0 Å².